The second-order valence-electron chi connectivity index (χ2n) is 3.99. The summed E-state index contributed by atoms with van der Waals surface area (Å²) in [7, 11) is 0. The molecule has 1 unspecified atom stereocenters. The minimum atomic E-state index is 0.441. The second kappa shape index (κ2) is 5.35. The molecule has 2 heterocycles. The van der Waals surface area contributed by atoms with Crippen molar-refractivity contribution in [1.82, 2.24) is 19.6 Å². The summed E-state index contributed by atoms with van der Waals surface area (Å²) in [5.41, 5.74) is 1.02. The van der Waals surface area contributed by atoms with Gasteiger partial charge in [-0.25, -0.2) is 0 Å². The van der Waals surface area contributed by atoms with Crippen molar-refractivity contribution in [3.05, 3.63) is 33.2 Å². The highest BCUT2D eigenvalue weighted by Crippen LogP contribution is 2.17. The van der Waals surface area contributed by atoms with E-state index in [1.54, 1.807) is 0 Å². The van der Waals surface area contributed by atoms with Gasteiger partial charge in [-0.1, -0.05) is 6.92 Å². The molecule has 0 amide bonds. The Balaban J connectivity index is 2.14. The number of rotatable bonds is 4. The Morgan fingerprint density at radius 2 is 2.12 bits per heavy atom. The van der Waals surface area contributed by atoms with Gasteiger partial charge in [-0.15, -0.1) is 0 Å². The molecule has 0 N–H and O–H groups in total. The van der Waals surface area contributed by atoms with E-state index in [1.807, 2.05) is 27.7 Å². The molecule has 0 saturated carbocycles. The number of hydrogen-bond acceptors (Lipinski definition) is 2. The van der Waals surface area contributed by atoms with Crippen molar-refractivity contribution < 1.29 is 0 Å². The van der Waals surface area contributed by atoms with Gasteiger partial charge in [-0.05, 0) is 51.3 Å². The van der Waals surface area contributed by atoms with E-state index in [9.17, 15) is 0 Å². The van der Waals surface area contributed by atoms with E-state index in [2.05, 4.69) is 55.9 Å². The third kappa shape index (κ3) is 2.98. The number of halogens is 2. The molecule has 0 aliphatic heterocycles. The maximum absolute atomic E-state index is 4.55. The first-order valence-corrected chi connectivity index (χ1v) is 7.11. The molecule has 0 fully saturated rings. The van der Waals surface area contributed by atoms with Gasteiger partial charge in [0, 0.05) is 18.3 Å². The smallest absolute Gasteiger partial charge is 0.129 e. The van der Waals surface area contributed by atoms with Crippen LogP contribution in [0.15, 0.2) is 27.5 Å². The molecule has 4 nitrogen and oxygen atoms in total. The molecule has 92 valence electrons. The van der Waals surface area contributed by atoms with E-state index in [0.29, 0.717) is 12.6 Å². The van der Waals surface area contributed by atoms with Crippen molar-refractivity contribution in [1.29, 1.82) is 0 Å². The highest BCUT2D eigenvalue weighted by molar-refractivity contribution is 9.11. The van der Waals surface area contributed by atoms with E-state index >= 15 is 0 Å². The van der Waals surface area contributed by atoms with Crippen molar-refractivity contribution >= 4 is 31.9 Å². The summed E-state index contributed by atoms with van der Waals surface area (Å²) in [6.45, 7) is 5.00. The number of hydrogen-bond donors (Lipinski definition) is 0. The van der Waals surface area contributed by atoms with E-state index in [0.717, 1.165) is 21.3 Å². The fourth-order valence-electron chi connectivity index (χ4n) is 1.52. The summed E-state index contributed by atoms with van der Waals surface area (Å²) in [5, 5.41) is 8.86. The van der Waals surface area contributed by atoms with Gasteiger partial charge >= 0.3 is 0 Å². The van der Waals surface area contributed by atoms with Gasteiger partial charge in [0.25, 0.3) is 0 Å². The van der Waals surface area contributed by atoms with Gasteiger partial charge in [-0.2, -0.15) is 10.2 Å². The average molecular weight is 362 g/mol. The van der Waals surface area contributed by atoms with Gasteiger partial charge in [0.05, 0.1) is 12.2 Å². The first-order chi connectivity index (χ1) is 8.10. The van der Waals surface area contributed by atoms with Crippen LogP contribution in [0.3, 0.4) is 0 Å². The number of nitrogens with zero attached hydrogens (tertiary/aromatic N) is 4. The predicted octanol–water partition coefficient (Wildman–Crippen LogP) is 3.62. The standard InChI is InChI=1S/C11H14Br2N4/c1-3-8(2)16-5-4-9(14-16)7-17-11(13)6-10(12)15-17/h4-6,8H,3,7H2,1-2H3. The van der Waals surface area contributed by atoms with Gasteiger partial charge in [0.15, 0.2) is 0 Å². The van der Waals surface area contributed by atoms with E-state index in [-0.39, 0.29) is 0 Å². The van der Waals surface area contributed by atoms with E-state index in [4.69, 9.17) is 0 Å². The average Bonchev–Trinajstić information content (AvgIpc) is 2.86. The zero-order chi connectivity index (χ0) is 12.4. The van der Waals surface area contributed by atoms with E-state index in [1.165, 1.54) is 0 Å². The molecular formula is C11H14Br2N4. The van der Waals surface area contributed by atoms with Gasteiger partial charge < -0.3 is 0 Å². The van der Waals surface area contributed by atoms with Gasteiger partial charge in [0.1, 0.15) is 9.21 Å². The third-order valence-corrected chi connectivity index (χ3v) is 3.74. The van der Waals surface area contributed by atoms with Crippen LogP contribution in [0.25, 0.3) is 0 Å². The lowest BCUT2D eigenvalue weighted by Crippen LogP contribution is -2.07. The normalized spacial score (nSPS) is 12.9. The lowest BCUT2D eigenvalue weighted by molar-refractivity contribution is 0.470. The van der Waals surface area contributed by atoms with Crippen LogP contribution in [-0.4, -0.2) is 19.6 Å². The minimum absolute atomic E-state index is 0.441. The monoisotopic (exact) mass is 360 g/mol. The zero-order valence-corrected chi connectivity index (χ0v) is 12.9. The molecule has 2 aromatic rings. The molecule has 6 heteroatoms. The molecule has 0 aromatic carbocycles. The Morgan fingerprint density at radius 1 is 1.35 bits per heavy atom. The largest absolute Gasteiger partial charge is 0.270 e. The maximum atomic E-state index is 4.55. The molecule has 0 bridgehead atoms. The first kappa shape index (κ1) is 12.8. The van der Waals surface area contributed by atoms with Gasteiger partial charge in [0.2, 0.25) is 0 Å². The summed E-state index contributed by atoms with van der Waals surface area (Å²) in [4.78, 5) is 0. The predicted molar refractivity (Wildman–Crippen MR) is 74.0 cm³/mol. The van der Waals surface area contributed by atoms with Crippen molar-refractivity contribution in [3.8, 4) is 0 Å². The lowest BCUT2D eigenvalue weighted by Gasteiger charge is -2.08. The van der Waals surface area contributed by atoms with Crippen LogP contribution in [-0.2, 0) is 6.54 Å². The van der Waals surface area contributed by atoms with Crippen LogP contribution in [0.2, 0.25) is 0 Å². The highest BCUT2D eigenvalue weighted by atomic mass is 79.9. The van der Waals surface area contributed by atoms with E-state index < -0.39 is 0 Å². The van der Waals surface area contributed by atoms with Crippen LogP contribution < -0.4 is 0 Å². The SMILES string of the molecule is CCC(C)n1ccc(Cn2nc(Br)cc2Br)n1. The molecule has 0 aliphatic carbocycles. The van der Waals surface area contributed by atoms with Gasteiger partial charge in [-0.3, -0.25) is 9.36 Å². The summed E-state index contributed by atoms with van der Waals surface area (Å²) in [6, 6.07) is 4.40. The summed E-state index contributed by atoms with van der Waals surface area (Å²) >= 11 is 6.81. The molecule has 0 radical (unpaired) electrons. The van der Waals surface area contributed by atoms with Crippen LogP contribution in [0.4, 0.5) is 0 Å². The molecule has 1 atom stereocenters. The second-order valence-corrected chi connectivity index (χ2v) is 5.62. The Morgan fingerprint density at radius 3 is 2.71 bits per heavy atom. The quantitative estimate of drug-likeness (QED) is 0.833. The minimum Gasteiger partial charge on any atom is -0.270 e. The Hall–Kier alpha value is -0.620. The fourth-order valence-corrected chi connectivity index (χ4v) is 2.66. The molecule has 2 rings (SSSR count). The van der Waals surface area contributed by atoms with Crippen LogP contribution in [0, 0.1) is 0 Å². The summed E-state index contributed by atoms with van der Waals surface area (Å²) < 4.78 is 5.64. The Labute approximate surface area is 117 Å². The summed E-state index contributed by atoms with van der Waals surface area (Å²) in [5.74, 6) is 0. The zero-order valence-electron chi connectivity index (χ0n) is 9.77. The van der Waals surface area contributed by atoms with Crippen molar-refractivity contribution in [2.24, 2.45) is 0 Å². The maximum Gasteiger partial charge on any atom is 0.129 e. The van der Waals surface area contributed by atoms with Crippen LogP contribution in [0.5, 0.6) is 0 Å². The third-order valence-electron chi connectivity index (χ3n) is 2.72. The van der Waals surface area contributed by atoms with Crippen molar-refractivity contribution in [2.75, 3.05) is 0 Å². The molecule has 2 aromatic heterocycles. The molecular weight excluding hydrogens is 348 g/mol. The van der Waals surface area contributed by atoms with Crippen molar-refractivity contribution in [3.63, 3.8) is 0 Å². The molecule has 0 saturated heterocycles. The highest BCUT2D eigenvalue weighted by Gasteiger charge is 2.08. The molecule has 0 aliphatic rings. The van der Waals surface area contributed by atoms with Crippen molar-refractivity contribution in [2.45, 2.75) is 32.9 Å². The van der Waals surface area contributed by atoms with Crippen LogP contribution >= 0.6 is 31.9 Å². The summed E-state index contributed by atoms with van der Waals surface area (Å²) in [6.07, 6.45) is 3.11. The molecule has 0 spiro atoms. The topological polar surface area (TPSA) is 35.6 Å². The van der Waals surface area contributed by atoms with Crippen LogP contribution in [0.1, 0.15) is 32.0 Å². The lowest BCUT2D eigenvalue weighted by atomic mass is 10.3. The first-order valence-electron chi connectivity index (χ1n) is 5.53. The number of aromatic nitrogens is 4. The fraction of sp³-hybridized carbons (Fsp3) is 0.455. The Bertz CT molecular complexity index is 503. The Kier molecular flexibility index (Phi) is 4.04. The molecule has 17 heavy (non-hydrogen) atoms.